The molecule has 6 heavy (non-hydrogen) atoms. The predicted molar refractivity (Wildman–Crippen MR) is 9.83 cm³/mol. The first-order valence-corrected chi connectivity index (χ1v) is 2.19. The Hall–Kier alpha value is 1.47. The van der Waals surface area contributed by atoms with Gasteiger partial charge in [-0.25, -0.2) is 0 Å². The minimum atomic E-state index is -5.39. The van der Waals surface area contributed by atoms with Crippen LogP contribution in [0.1, 0.15) is 2.85 Å². The molecule has 0 fully saturated rings. The minimum Gasteiger partial charge on any atom is -0.822 e. The summed E-state index contributed by atoms with van der Waals surface area (Å²) in [5.74, 6) is 0. The maximum Gasteiger partial charge on any atom is 3.00 e. The van der Waals surface area contributed by atoms with Crippen LogP contribution in [0.25, 0.3) is 0 Å². The number of rotatable bonds is 0. The third-order valence-corrected chi connectivity index (χ3v) is 0. The van der Waals surface area contributed by atoms with Crippen LogP contribution in [0.2, 0.25) is 0 Å². The van der Waals surface area contributed by atoms with Crippen LogP contribution in [-0.4, -0.2) is 0 Å². The van der Waals surface area contributed by atoms with E-state index in [4.69, 9.17) is 19.2 Å². The van der Waals surface area contributed by atoms with E-state index in [1.165, 1.54) is 0 Å². The van der Waals surface area contributed by atoms with Gasteiger partial charge in [-0.3, -0.25) is 0 Å². The monoisotopic (exact) mass is 238 g/mol. The molecule has 0 amide bonds. The van der Waals surface area contributed by atoms with Crippen molar-refractivity contribution in [1.29, 1.82) is 0 Å². The predicted octanol–water partition coefficient (Wildman–Crippen LogP) is -2.60. The van der Waals surface area contributed by atoms with E-state index >= 15 is 0 Å². The van der Waals surface area contributed by atoms with E-state index in [-0.39, 0.29) is 44.1 Å². The van der Waals surface area contributed by atoms with Gasteiger partial charge in [0.15, 0.2) is 0 Å². The zero-order chi connectivity index (χ0) is 4.50. The third kappa shape index (κ3) is 50.4. The fourth-order valence-corrected chi connectivity index (χ4v) is 0. The molecule has 0 aromatic heterocycles. The van der Waals surface area contributed by atoms with Crippen molar-refractivity contribution in [3.8, 4) is 0 Å². The molecule has 0 unspecified atom stereocenters. The number of hydrogen-bond acceptors (Lipinski definition) is 4. The summed E-state index contributed by atoms with van der Waals surface area (Å²) in [6.07, 6.45) is 0. The van der Waals surface area contributed by atoms with Gasteiger partial charge >= 0.3 is 44.1 Å². The Labute approximate surface area is 70.7 Å². The summed E-state index contributed by atoms with van der Waals surface area (Å²) in [6.45, 7) is 0. The van der Waals surface area contributed by atoms with E-state index in [0.29, 0.717) is 0 Å². The molecule has 0 radical (unpaired) electrons. The molecular formula is H2O4PPr+2. The van der Waals surface area contributed by atoms with Gasteiger partial charge in [0.05, 0.1) is 0 Å². The van der Waals surface area contributed by atoms with Gasteiger partial charge in [-0.2, -0.15) is 7.82 Å². The summed E-state index contributed by atoms with van der Waals surface area (Å²) in [4.78, 5) is 25.6. The van der Waals surface area contributed by atoms with E-state index in [1.54, 1.807) is 0 Å². The third-order valence-electron chi connectivity index (χ3n) is 0. The average molecular weight is 238 g/mol. The second kappa shape index (κ2) is 3.47. The molecular weight excluding hydrogens is 236 g/mol. The molecule has 0 N–H and O–H groups in total. The van der Waals surface area contributed by atoms with Crippen molar-refractivity contribution in [2.24, 2.45) is 0 Å². The summed E-state index contributed by atoms with van der Waals surface area (Å²) < 4.78 is 8.55. The van der Waals surface area contributed by atoms with Crippen LogP contribution in [0, 0.1) is 41.3 Å². The quantitative estimate of drug-likeness (QED) is 0.433. The first-order chi connectivity index (χ1) is 2.00. The zero-order valence-electron chi connectivity index (χ0n) is 4.66. The van der Waals surface area contributed by atoms with Gasteiger partial charge in [-0.1, -0.05) is 0 Å². The largest absolute Gasteiger partial charge is 3.00 e. The molecule has 0 spiro atoms. The minimum absolute atomic E-state index is 0. The Morgan fingerprint density at radius 2 is 1.33 bits per heavy atom. The van der Waals surface area contributed by atoms with Crippen LogP contribution in [0.4, 0.5) is 0 Å². The second-order valence-corrected chi connectivity index (χ2v) is 1.34. The zero-order valence-corrected chi connectivity index (χ0v) is 7.26. The molecule has 0 saturated heterocycles. The van der Waals surface area contributed by atoms with E-state index in [0.717, 1.165) is 0 Å². The Morgan fingerprint density at radius 3 is 1.33 bits per heavy atom. The van der Waals surface area contributed by atoms with Crippen LogP contribution in [0.15, 0.2) is 0 Å². The molecule has 4 nitrogen and oxygen atoms in total. The molecule has 0 aliphatic heterocycles. The van der Waals surface area contributed by atoms with Crippen LogP contribution in [0.5, 0.6) is 0 Å². The fourth-order valence-electron chi connectivity index (χ4n) is 0. The molecule has 32 valence electrons. The Bertz CT molecular complexity index is 60.2. The van der Waals surface area contributed by atoms with Crippen LogP contribution in [0.3, 0.4) is 0 Å². The number of phosphoric acid groups is 1. The van der Waals surface area contributed by atoms with E-state index in [9.17, 15) is 0 Å². The summed E-state index contributed by atoms with van der Waals surface area (Å²) in [5, 5.41) is 0. The Kier molecular flexibility index (Phi) is 6.05. The Balaban J connectivity index is -0.0000000267. The van der Waals surface area contributed by atoms with Crippen LogP contribution in [-0.2, 0) is 4.57 Å². The molecule has 0 saturated carbocycles. The van der Waals surface area contributed by atoms with Gasteiger partial charge in [0.1, 0.15) is 0 Å². The Morgan fingerprint density at radius 1 is 1.33 bits per heavy atom. The van der Waals surface area contributed by atoms with Crippen molar-refractivity contribution >= 4 is 7.82 Å². The van der Waals surface area contributed by atoms with E-state index < -0.39 is 7.82 Å². The maximum atomic E-state index is 8.55. The molecule has 0 heterocycles. The fraction of sp³-hybridized carbons (Fsp3) is 0. The summed E-state index contributed by atoms with van der Waals surface area (Å²) in [5.41, 5.74) is 0. The van der Waals surface area contributed by atoms with Crippen LogP contribution < -0.4 is 14.7 Å². The van der Waals surface area contributed by atoms with Crippen molar-refractivity contribution in [2.75, 3.05) is 0 Å². The SMILES string of the molecule is O=P([O-])([O-])[O-].[H+].[H+].[Pr+3]. The number of hydrogen-bond donors (Lipinski definition) is 0. The van der Waals surface area contributed by atoms with Gasteiger partial charge in [-0.15, -0.1) is 0 Å². The molecule has 0 aromatic carbocycles. The van der Waals surface area contributed by atoms with Crippen molar-refractivity contribution in [2.45, 2.75) is 0 Å². The van der Waals surface area contributed by atoms with Gasteiger partial charge in [-0.05, 0) is 0 Å². The van der Waals surface area contributed by atoms with Gasteiger partial charge in [0.2, 0.25) is 0 Å². The first kappa shape index (κ1) is 10.5. The summed E-state index contributed by atoms with van der Waals surface area (Å²) >= 11 is 0. The van der Waals surface area contributed by atoms with Gasteiger partial charge in [0, 0.05) is 0 Å². The van der Waals surface area contributed by atoms with Crippen molar-refractivity contribution in [3.05, 3.63) is 0 Å². The molecule has 0 bridgehead atoms. The van der Waals surface area contributed by atoms with Crippen molar-refractivity contribution < 1.29 is 63.4 Å². The standard InChI is InChI=1S/H3O4P.Pr/c1-5(2,3)4;/h(H3,1,2,3,4);/q;+3/p-1. The van der Waals surface area contributed by atoms with Gasteiger partial charge < -0.3 is 19.2 Å². The van der Waals surface area contributed by atoms with Crippen molar-refractivity contribution in [3.63, 3.8) is 0 Å². The van der Waals surface area contributed by atoms with Crippen molar-refractivity contribution in [1.82, 2.24) is 0 Å². The maximum absolute atomic E-state index is 8.55. The average Bonchev–Trinajstić information content (AvgIpc) is 0.722. The molecule has 0 atom stereocenters. The summed E-state index contributed by atoms with van der Waals surface area (Å²) in [7, 11) is -5.39. The molecule has 0 aliphatic carbocycles. The first-order valence-electron chi connectivity index (χ1n) is 0.730. The topological polar surface area (TPSA) is 86.2 Å². The molecule has 6 heteroatoms. The van der Waals surface area contributed by atoms with E-state index in [1.807, 2.05) is 0 Å². The van der Waals surface area contributed by atoms with Crippen LogP contribution >= 0.6 is 7.82 Å². The smallest absolute Gasteiger partial charge is 0.822 e. The normalized spacial score (nSPS) is 9.83. The molecule has 0 rings (SSSR count). The molecule has 0 aliphatic rings. The second-order valence-electron chi connectivity index (χ2n) is 0.447. The van der Waals surface area contributed by atoms with E-state index in [2.05, 4.69) is 0 Å². The van der Waals surface area contributed by atoms with Gasteiger partial charge in [0.25, 0.3) is 0 Å². The summed E-state index contributed by atoms with van der Waals surface area (Å²) in [6, 6.07) is 0. The molecule has 0 aromatic rings.